The summed E-state index contributed by atoms with van der Waals surface area (Å²) in [6.45, 7) is 0. The zero-order valence-corrected chi connectivity index (χ0v) is 9.40. The molecule has 2 heterocycles. The van der Waals surface area contributed by atoms with E-state index in [0.29, 0.717) is 0 Å². The van der Waals surface area contributed by atoms with Crippen LogP contribution < -0.4 is 0 Å². The molecule has 0 aliphatic rings. The van der Waals surface area contributed by atoms with Gasteiger partial charge < -0.3 is 15.2 Å². The zero-order valence-electron chi connectivity index (χ0n) is 8.65. The molecule has 0 fully saturated rings. The van der Waals surface area contributed by atoms with E-state index in [0.717, 1.165) is 10.9 Å². The lowest BCUT2D eigenvalue weighted by molar-refractivity contribution is -0.389. The molecule has 0 bridgehead atoms. The number of carboxylic acids is 1. The summed E-state index contributed by atoms with van der Waals surface area (Å²) in [4.78, 5) is 24.5. The van der Waals surface area contributed by atoms with Crippen LogP contribution in [0.1, 0.15) is 10.4 Å². The SMILES string of the molecule is O=C(O)c1cc(-n2ccc([N+](=O)[O-])n2)ncc1Cl. The van der Waals surface area contributed by atoms with Gasteiger partial charge in [-0.25, -0.2) is 9.78 Å². The highest BCUT2D eigenvalue weighted by molar-refractivity contribution is 6.33. The van der Waals surface area contributed by atoms with Crippen molar-refractivity contribution in [1.29, 1.82) is 0 Å². The Labute approximate surface area is 105 Å². The van der Waals surface area contributed by atoms with Crippen molar-refractivity contribution in [2.45, 2.75) is 0 Å². The number of aromatic carboxylic acids is 1. The van der Waals surface area contributed by atoms with Crippen molar-refractivity contribution < 1.29 is 14.8 Å². The molecule has 2 aromatic heterocycles. The molecule has 0 aliphatic carbocycles. The lowest BCUT2D eigenvalue weighted by Crippen LogP contribution is -2.04. The average Bonchev–Trinajstić information content (AvgIpc) is 2.78. The minimum Gasteiger partial charge on any atom is -0.478 e. The summed E-state index contributed by atoms with van der Waals surface area (Å²) < 4.78 is 1.10. The molecule has 0 saturated heterocycles. The molecule has 0 aromatic carbocycles. The summed E-state index contributed by atoms with van der Waals surface area (Å²) >= 11 is 5.65. The number of aromatic nitrogens is 3. The van der Waals surface area contributed by atoms with E-state index in [9.17, 15) is 14.9 Å². The van der Waals surface area contributed by atoms with Crippen molar-refractivity contribution >= 4 is 23.4 Å². The maximum atomic E-state index is 10.9. The van der Waals surface area contributed by atoms with Crippen molar-refractivity contribution in [2.24, 2.45) is 0 Å². The Morgan fingerprint density at radius 1 is 1.56 bits per heavy atom. The van der Waals surface area contributed by atoms with Crippen LogP contribution in [-0.4, -0.2) is 30.8 Å². The Hall–Kier alpha value is -2.48. The second-order valence-corrected chi connectivity index (χ2v) is 3.61. The van der Waals surface area contributed by atoms with Gasteiger partial charge in [0, 0.05) is 12.3 Å². The van der Waals surface area contributed by atoms with Gasteiger partial charge in [0.1, 0.15) is 0 Å². The normalized spacial score (nSPS) is 10.3. The van der Waals surface area contributed by atoms with Crippen molar-refractivity contribution in [3.8, 4) is 5.82 Å². The van der Waals surface area contributed by atoms with Crippen LogP contribution in [0, 0.1) is 10.1 Å². The topological polar surface area (TPSA) is 111 Å². The molecule has 0 aliphatic heterocycles. The fourth-order valence-electron chi connectivity index (χ4n) is 1.26. The standard InChI is InChI=1S/C9H5ClN4O4/c10-6-4-11-8(3-5(6)9(15)16)13-2-1-7(12-13)14(17)18/h1-4H,(H,15,16). The Kier molecular flexibility index (Phi) is 2.94. The summed E-state index contributed by atoms with van der Waals surface area (Å²) in [5, 5.41) is 23.0. The van der Waals surface area contributed by atoms with Gasteiger partial charge in [-0.15, -0.1) is 4.68 Å². The first kappa shape index (κ1) is 12.0. The molecule has 0 saturated carbocycles. The second kappa shape index (κ2) is 4.41. The molecular formula is C9H5ClN4O4. The van der Waals surface area contributed by atoms with Crippen molar-refractivity contribution in [3.05, 3.63) is 45.2 Å². The molecular weight excluding hydrogens is 264 g/mol. The highest BCUT2D eigenvalue weighted by Gasteiger charge is 2.16. The number of halogens is 1. The van der Waals surface area contributed by atoms with Gasteiger partial charge in [-0.2, -0.15) is 0 Å². The van der Waals surface area contributed by atoms with E-state index in [-0.39, 0.29) is 22.2 Å². The van der Waals surface area contributed by atoms with Gasteiger partial charge in [0.05, 0.1) is 27.9 Å². The van der Waals surface area contributed by atoms with Crippen LogP contribution in [0.15, 0.2) is 24.5 Å². The Morgan fingerprint density at radius 3 is 2.83 bits per heavy atom. The van der Waals surface area contributed by atoms with Gasteiger partial charge in [-0.1, -0.05) is 11.6 Å². The smallest absolute Gasteiger partial charge is 0.390 e. The number of nitrogens with zero attached hydrogens (tertiary/aromatic N) is 4. The Bertz CT molecular complexity index is 639. The molecule has 0 unspecified atom stereocenters. The molecule has 0 atom stereocenters. The first-order valence-electron chi connectivity index (χ1n) is 4.58. The number of hydrogen-bond acceptors (Lipinski definition) is 5. The number of carboxylic acid groups (broad SMARTS) is 1. The average molecular weight is 269 g/mol. The highest BCUT2D eigenvalue weighted by Crippen LogP contribution is 2.18. The number of rotatable bonds is 3. The van der Waals surface area contributed by atoms with E-state index in [1.165, 1.54) is 18.3 Å². The fraction of sp³-hybridized carbons (Fsp3) is 0. The molecule has 0 radical (unpaired) electrons. The first-order chi connectivity index (χ1) is 8.49. The monoisotopic (exact) mass is 268 g/mol. The molecule has 2 aromatic rings. The molecule has 1 N–H and O–H groups in total. The van der Waals surface area contributed by atoms with Crippen LogP contribution in [0.3, 0.4) is 0 Å². The quantitative estimate of drug-likeness (QED) is 0.667. The summed E-state index contributed by atoms with van der Waals surface area (Å²) in [5.41, 5.74) is -0.153. The molecule has 92 valence electrons. The van der Waals surface area contributed by atoms with Gasteiger partial charge in [0.15, 0.2) is 5.82 Å². The van der Waals surface area contributed by atoms with E-state index < -0.39 is 10.9 Å². The maximum Gasteiger partial charge on any atom is 0.390 e. The lowest BCUT2D eigenvalue weighted by atomic mass is 10.2. The molecule has 2 rings (SSSR count). The van der Waals surface area contributed by atoms with Crippen molar-refractivity contribution in [2.75, 3.05) is 0 Å². The number of carbonyl (C=O) groups is 1. The van der Waals surface area contributed by atoms with Crippen LogP contribution in [0.2, 0.25) is 5.02 Å². The lowest BCUT2D eigenvalue weighted by Gasteiger charge is -2.00. The molecule has 18 heavy (non-hydrogen) atoms. The van der Waals surface area contributed by atoms with E-state index >= 15 is 0 Å². The summed E-state index contributed by atoms with van der Waals surface area (Å²) in [5.74, 6) is -1.45. The number of nitro groups is 1. The predicted molar refractivity (Wildman–Crippen MR) is 60.0 cm³/mol. The molecule has 9 heteroatoms. The summed E-state index contributed by atoms with van der Waals surface area (Å²) in [6.07, 6.45) is 2.45. The third kappa shape index (κ3) is 2.13. The summed E-state index contributed by atoms with van der Waals surface area (Å²) in [6, 6.07) is 2.36. The van der Waals surface area contributed by atoms with Crippen LogP contribution in [0.4, 0.5) is 5.82 Å². The van der Waals surface area contributed by atoms with E-state index in [4.69, 9.17) is 16.7 Å². The van der Waals surface area contributed by atoms with E-state index in [2.05, 4.69) is 10.1 Å². The van der Waals surface area contributed by atoms with Gasteiger partial charge in [-0.3, -0.25) is 0 Å². The van der Waals surface area contributed by atoms with Gasteiger partial charge in [-0.05, 0) is 4.92 Å². The van der Waals surface area contributed by atoms with E-state index in [1.54, 1.807) is 0 Å². The van der Waals surface area contributed by atoms with Gasteiger partial charge >= 0.3 is 11.8 Å². The van der Waals surface area contributed by atoms with Crippen LogP contribution >= 0.6 is 11.6 Å². The predicted octanol–water partition coefficient (Wildman–Crippen LogP) is 1.53. The molecule has 0 amide bonds. The van der Waals surface area contributed by atoms with Gasteiger partial charge in [0.25, 0.3) is 0 Å². The van der Waals surface area contributed by atoms with Crippen LogP contribution in [0.5, 0.6) is 0 Å². The second-order valence-electron chi connectivity index (χ2n) is 3.20. The maximum absolute atomic E-state index is 10.9. The molecule has 0 spiro atoms. The van der Waals surface area contributed by atoms with Gasteiger partial charge in [0.2, 0.25) is 0 Å². The Balaban J connectivity index is 2.47. The fourth-order valence-corrected chi connectivity index (χ4v) is 1.44. The summed E-state index contributed by atoms with van der Waals surface area (Å²) in [7, 11) is 0. The first-order valence-corrected chi connectivity index (χ1v) is 4.96. The minimum absolute atomic E-state index is 0.0205. The van der Waals surface area contributed by atoms with E-state index in [1.807, 2.05) is 0 Å². The third-order valence-electron chi connectivity index (χ3n) is 2.07. The third-order valence-corrected chi connectivity index (χ3v) is 2.37. The zero-order chi connectivity index (χ0) is 13.3. The Morgan fingerprint density at radius 2 is 2.28 bits per heavy atom. The van der Waals surface area contributed by atoms with Crippen molar-refractivity contribution in [3.63, 3.8) is 0 Å². The largest absolute Gasteiger partial charge is 0.478 e. The van der Waals surface area contributed by atoms with Crippen LogP contribution in [-0.2, 0) is 0 Å². The minimum atomic E-state index is -1.22. The van der Waals surface area contributed by atoms with Crippen LogP contribution in [0.25, 0.3) is 5.82 Å². The molecule has 8 nitrogen and oxygen atoms in total. The highest BCUT2D eigenvalue weighted by atomic mass is 35.5. The number of hydrogen-bond donors (Lipinski definition) is 1. The van der Waals surface area contributed by atoms with Crippen molar-refractivity contribution in [1.82, 2.24) is 14.8 Å². The number of pyridine rings is 1.